The number of carboxylic acid groups (broad SMARTS) is 1. The van der Waals surface area contributed by atoms with Crippen molar-refractivity contribution >= 4 is 51.8 Å². The molecule has 0 bridgehead atoms. The summed E-state index contributed by atoms with van der Waals surface area (Å²) in [7, 11) is 0. The summed E-state index contributed by atoms with van der Waals surface area (Å²) >= 11 is 11.9. The normalized spacial score (nSPS) is 12.6. The second-order valence-electron chi connectivity index (χ2n) is 9.61. The Morgan fingerprint density at radius 2 is 1.80 bits per heavy atom. The molecule has 1 amide bonds. The number of nitrogens with zero attached hydrogens (tertiary/aromatic N) is 2. The van der Waals surface area contributed by atoms with Gasteiger partial charge in [-0.2, -0.15) is 13.2 Å². The third kappa shape index (κ3) is 6.03. The minimum atomic E-state index is -4.57. The van der Waals surface area contributed by atoms with Gasteiger partial charge in [-0.1, -0.05) is 37.6 Å². The fourth-order valence-corrected chi connectivity index (χ4v) is 4.74. The van der Waals surface area contributed by atoms with Crippen LogP contribution >= 0.6 is 23.2 Å². The molecule has 210 valence electrons. The van der Waals surface area contributed by atoms with E-state index in [4.69, 9.17) is 23.2 Å². The lowest BCUT2D eigenvalue weighted by molar-refractivity contribution is -0.141. The van der Waals surface area contributed by atoms with Crippen molar-refractivity contribution < 1.29 is 33.0 Å². The van der Waals surface area contributed by atoms with E-state index in [2.05, 4.69) is 10.3 Å². The Labute approximate surface area is 237 Å². The number of fused-ring (bicyclic) bond motifs is 1. The predicted octanol–water partition coefficient (Wildman–Crippen LogP) is 7.60. The molecule has 40 heavy (non-hydrogen) atoms. The van der Waals surface area contributed by atoms with Crippen molar-refractivity contribution in [1.82, 2.24) is 9.55 Å². The van der Waals surface area contributed by atoms with E-state index in [0.717, 1.165) is 12.1 Å². The van der Waals surface area contributed by atoms with Gasteiger partial charge in [0.2, 0.25) is 5.91 Å². The molecule has 3 N–H and O–H groups in total. The number of nitrogens with one attached hydrogen (secondary N) is 1. The molecule has 0 spiro atoms. The number of carbonyl (C=O) groups is 2. The number of rotatable bonds is 8. The van der Waals surface area contributed by atoms with Crippen LogP contribution in [-0.2, 0) is 15.8 Å². The van der Waals surface area contributed by atoms with Crippen LogP contribution in [0.1, 0.15) is 31.9 Å². The van der Waals surface area contributed by atoms with Crippen LogP contribution in [0.3, 0.4) is 0 Å². The van der Waals surface area contributed by atoms with Gasteiger partial charge < -0.3 is 20.1 Å². The van der Waals surface area contributed by atoms with Gasteiger partial charge in [0.05, 0.1) is 27.2 Å². The standard InChI is InChI=1S/C28H24Cl2F3N3O4/c1-14(2)8-23(27(39)40)36-22-7-6-18(34-24(37)13-29)12-21(22)35-26(36)19-10-16(11-20(30)25(19)38)15-4-3-5-17(9-15)28(31,32)33/h3-7,9-12,14,23,38H,8,13H2,1-2H3,(H,34,37)(H,39,40). The van der Waals surface area contributed by atoms with Gasteiger partial charge in [-0.25, -0.2) is 9.78 Å². The van der Waals surface area contributed by atoms with Crippen LogP contribution in [0.2, 0.25) is 5.02 Å². The highest BCUT2D eigenvalue weighted by molar-refractivity contribution is 6.33. The summed E-state index contributed by atoms with van der Waals surface area (Å²) in [5, 5.41) is 23.6. The molecule has 1 atom stereocenters. The molecule has 1 unspecified atom stereocenters. The van der Waals surface area contributed by atoms with Crippen LogP contribution in [0.5, 0.6) is 5.75 Å². The van der Waals surface area contributed by atoms with Crippen molar-refractivity contribution in [2.45, 2.75) is 32.5 Å². The van der Waals surface area contributed by atoms with Crippen LogP contribution in [0.25, 0.3) is 33.5 Å². The summed E-state index contributed by atoms with van der Waals surface area (Å²) in [5.74, 6) is -2.30. The first-order valence-corrected chi connectivity index (χ1v) is 13.0. The second kappa shape index (κ2) is 11.4. The van der Waals surface area contributed by atoms with E-state index in [0.29, 0.717) is 16.7 Å². The molecular weight excluding hydrogens is 570 g/mol. The van der Waals surface area contributed by atoms with Gasteiger partial charge in [-0.15, -0.1) is 11.6 Å². The number of benzene rings is 3. The number of carboxylic acids is 1. The molecule has 3 aromatic carbocycles. The molecule has 0 saturated heterocycles. The summed E-state index contributed by atoms with van der Waals surface area (Å²) in [4.78, 5) is 28.9. The lowest BCUT2D eigenvalue weighted by Gasteiger charge is -2.21. The number of halogens is 5. The van der Waals surface area contributed by atoms with Gasteiger partial charge in [0, 0.05) is 5.69 Å². The van der Waals surface area contributed by atoms with Gasteiger partial charge in [-0.05, 0) is 65.9 Å². The lowest BCUT2D eigenvalue weighted by Crippen LogP contribution is -2.21. The summed E-state index contributed by atoms with van der Waals surface area (Å²) in [6, 6.07) is 10.9. The number of hydrogen-bond acceptors (Lipinski definition) is 4. The fraction of sp³-hybridized carbons (Fsp3) is 0.250. The topological polar surface area (TPSA) is 104 Å². The van der Waals surface area contributed by atoms with Crippen molar-refractivity contribution in [3.05, 3.63) is 65.2 Å². The van der Waals surface area contributed by atoms with E-state index >= 15 is 0 Å². The molecule has 0 aliphatic heterocycles. The fourth-order valence-electron chi connectivity index (χ4n) is 4.45. The van der Waals surface area contributed by atoms with Crippen LogP contribution in [-0.4, -0.2) is 37.5 Å². The second-order valence-corrected chi connectivity index (χ2v) is 10.3. The minimum absolute atomic E-state index is 0.0254. The number of imidazole rings is 1. The number of phenols is 1. The maximum Gasteiger partial charge on any atom is 0.416 e. The van der Waals surface area contributed by atoms with Gasteiger partial charge in [-0.3, -0.25) is 4.79 Å². The average molecular weight is 594 g/mol. The largest absolute Gasteiger partial charge is 0.506 e. The average Bonchev–Trinajstić information content (AvgIpc) is 3.26. The number of alkyl halides is 4. The molecule has 4 rings (SSSR count). The SMILES string of the molecule is CC(C)CC(C(=O)O)n1c(-c2cc(-c3cccc(C(F)(F)F)c3)cc(Cl)c2O)nc2cc(NC(=O)CCl)ccc21. The Hall–Kier alpha value is -3.76. The molecule has 0 aliphatic rings. The number of hydrogen-bond donors (Lipinski definition) is 3. The maximum absolute atomic E-state index is 13.4. The van der Waals surface area contributed by atoms with Crippen molar-refractivity contribution in [1.29, 1.82) is 0 Å². The maximum atomic E-state index is 13.4. The van der Waals surface area contributed by atoms with Gasteiger partial charge >= 0.3 is 12.1 Å². The first-order chi connectivity index (χ1) is 18.8. The summed E-state index contributed by atoms with van der Waals surface area (Å²) in [5.41, 5.74) is 0.668. The first-order valence-electron chi connectivity index (χ1n) is 12.1. The predicted molar refractivity (Wildman–Crippen MR) is 148 cm³/mol. The van der Waals surface area contributed by atoms with E-state index in [9.17, 15) is 33.0 Å². The molecule has 7 nitrogen and oxygen atoms in total. The zero-order valence-electron chi connectivity index (χ0n) is 21.3. The third-order valence-electron chi connectivity index (χ3n) is 6.21. The minimum Gasteiger partial charge on any atom is -0.506 e. The molecule has 12 heteroatoms. The molecule has 1 heterocycles. The molecule has 0 fully saturated rings. The number of anilines is 1. The zero-order chi connectivity index (χ0) is 29.4. The van der Waals surface area contributed by atoms with Crippen LogP contribution < -0.4 is 5.32 Å². The number of aliphatic carboxylic acids is 1. The zero-order valence-corrected chi connectivity index (χ0v) is 22.8. The summed E-state index contributed by atoms with van der Waals surface area (Å²) in [6.45, 7) is 3.72. The van der Waals surface area contributed by atoms with Gasteiger partial charge in [0.25, 0.3) is 0 Å². The molecule has 0 radical (unpaired) electrons. The van der Waals surface area contributed by atoms with Crippen molar-refractivity contribution in [3.8, 4) is 28.3 Å². The number of phenolic OH excluding ortho intramolecular Hbond substituents is 1. The molecule has 0 saturated carbocycles. The highest BCUT2D eigenvalue weighted by Gasteiger charge is 2.31. The molecular formula is C28H24Cl2F3N3O4. The molecule has 1 aromatic heterocycles. The highest BCUT2D eigenvalue weighted by atomic mass is 35.5. The van der Waals surface area contributed by atoms with Crippen LogP contribution in [0.15, 0.2) is 54.6 Å². The van der Waals surface area contributed by atoms with E-state index < -0.39 is 35.4 Å². The lowest BCUT2D eigenvalue weighted by atomic mass is 9.99. The van der Waals surface area contributed by atoms with Crippen molar-refractivity contribution in [2.75, 3.05) is 11.2 Å². The van der Waals surface area contributed by atoms with E-state index in [-0.39, 0.29) is 45.8 Å². The monoisotopic (exact) mass is 593 g/mol. The van der Waals surface area contributed by atoms with Crippen molar-refractivity contribution in [2.24, 2.45) is 5.92 Å². The van der Waals surface area contributed by atoms with Gasteiger partial charge in [0.15, 0.2) is 0 Å². The first kappa shape index (κ1) is 29.2. The Balaban J connectivity index is 1.99. The Bertz CT molecular complexity index is 1600. The summed E-state index contributed by atoms with van der Waals surface area (Å²) in [6.07, 6.45) is -4.37. The van der Waals surface area contributed by atoms with Crippen LogP contribution in [0, 0.1) is 5.92 Å². The number of carbonyl (C=O) groups excluding carboxylic acids is 1. The Morgan fingerprint density at radius 3 is 2.42 bits per heavy atom. The number of aromatic nitrogens is 2. The van der Waals surface area contributed by atoms with Gasteiger partial charge in [0.1, 0.15) is 23.5 Å². The number of aromatic hydroxyl groups is 1. The van der Waals surface area contributed by atoms with E-state index in [1.165, 1.54) is 34.9 Å². The van der Waals surface area contributed by atoms with E-state index in [1.807, 2.05) is 13.8 Å². The summed E-state index contributed by atoms with van der Waals surface area (Å²) < 4.78 is 41.6. The number of amides is 1. The third-order valence-corrected chi connectivity index (χ3v) is 6.74. The molecule has 0 aliphatic carbocycles. The van der Waals surface area contributed by atoms with Crippen molar-refractivity contribution in [3.63, 3.8) is 0 Å². The Kier molecular flexibility index (Phi) is 8.32. The van der Waals surface area contributed by atoms with Crippen LogP contribution in [0.4, 0.5) is 18.9 Å². The Morgan fingerprint density at radius 1 is 1.07 bits per heavy atom. The quantitative estimate of drug-likeness (QED) is 0.182. The molecule has 4 aromatic rings. The van der Waals surface area contributed by atoms with E-state index in [1.54, 1.807) is 12.1 Å². The highest BCUT2D eigenvalue weighted by Crippen LogP contribution is 2.42. The smallest absolute Gasteiger partial charge is 0.416 e.